The van der Waals surface area contributed by atoms with E-state index >= 15 is 0 Å². The number of nitrogens with zero attached hydrogens (tertiary/aromatic N) is 1. The first-order valence-corrected chi connectivity index (χ1v) is 8.75. The minimum Gasteiger partial charge on any atom is -0.348 e. The number of carbonyl (C=O) groups is 1. The monoisotopic (exact) mass is 302 g/mol. The van der Waals surface area contributed by atoms with Gasteiger partial charge in [-0.1, -0.05) is 44.4 Å². The lowest BCUT2D eigenvalue weighted by atomic mass is 9.95. The molecule has 4 heteroatoms. The van der Waals surface area contributed by atoms with Gasteiger partial charge >= 0.3 is 0 Å². The Morgan fingerprint density at radius 1 is 1.33 bits per heavy atom. The largest absolute Gasteiger partial charge is 0.348 e. The smallest absolute Gasteiger partial charge is 0.270 e. The van der Waals surface area contributed by atoms with Gasteiger partial charge in [-0.05, 0) is 25.2 Å². The number of nitrogens with one attached hydrogen (secondary N) is 1. The van der Waals surface area contributed by atoms with Crippen LogP contribution < -0.4 is 5.32 Å². The van der Waals surface area contributed by atoms with Crippen LogP contribution in [0.4, 0.5) is 0 Å². The van der Waals surface area contributed by atoms with Crippen LogP contribution in [0.5, 0.6) is 0 Å². The van der Waals surface area contributed by atoms with Crippen LogP contribution in [-0.2, 0) is 0 Å². The van der Waals surface area contributed by atoms with Crippen LogP contribution in [0.2, 0.25) is 0 Å². The molecule has 1 atom stereocenters. The fourth-order valence-corrected chi connectivity index (χ4v) is 3.72. The van der Waals surface area contributed by atoms with Crippen molar-refractivity contribution < 1.29 is 4.79 Å². The first-order valence-electron chi connectivity index (χ1n) is 7.87. The van der Waals surface area contributed by atoms with Crippen LogP contribution in [-0.4, -0.2) is 16.9 Å². The van der Waals surface area contributed by atoms with Crippen molar-refractivity contribution in [2.45, 2.75) is 51.5 Å². The van der Waals surface area contributed by atoms with Crippen molar-refractivity contribution in [3.63, 3.8) is 0 Å². The quantitative estimate of drug-likeness (QED) is 0.910. The summed E-state index contributed by atoms with van der Waals surface area (Å²) < 4.78 is 0. The molecule has 1 amide bonds. The van der Waals surface area contributed by atoms with E-state index in [9.17, 15) is 4.79 Å². The molecule has 2 aliphatic rings. The lowest BCUT2D eigenvalue weighted by Gasteiger charge is -2.22. The van der Waals surface area contributed by atoms with Crippen LogP contribution >= 0.6 is 11.3 Å². The second kappa shape index (κ2) is 6.56. The molecule has 0 spiro atoms. The van der Waals surface area contributed by atoms with E-state index in [1.165, 1.54) is 19.3 Å². The third-order valence-electron chi connectivity index (χ3n) is 4.24. The van der Waals surface area contributed by atoms with Crippen molar-refractivity contribution in [2.24, 2.45) is 5.92 Å². The summed E-state index contributed by atoms with van der Waals surface area (Å²) in [5.74, 6) is 0.584. The fourth-order valence-electron chi connectivity index (χ4n) is 2.90. The Morgan fingerprint density at radius 2 is 2.14 bits per heavy atom. The Morgan fingerprint density at radius 3 is 2.86 bits per heavy atom. The van der Waals surface area contributed by atoms with E-state index in [0.717, 1.165) is 29.8 Å². The molecule has 3 nitrogen and oxygen atoms in total. The summed E-state index contributed by atoms with van der Waals surface area (Å²) in [5.41, 5.74) is 1.71. The molecular formula is C17H22N2OS. The van der Waals surface area contributed by atoms with Crippen molar-refractivity contribution in [3.8, 4) is 0 Å². The summed E-state index contributed by atoms with van der Waals surface area (Å²) in [7, 11) is 0. The molecule has 1 aromatic rings. The maximum atomic E-state index is 12.3. The van der Waals surface area contributed by atoms with Gasteiger partial charge < -0.3 is 5.32 Å². The molecular weight excluding hydrogens is 280 g/mol. The highest BCUT2D eigenvalue weighted by Gasteiger charge is 2.19. The highest BCUT2D eigenvalue weighted by Crippen LogP contribution is 2.26. The summed E-state index contributed by atoms with van der Waals surface area (Å²) in [6.07, 6.45) is 13.6. The zero-order valence-electron chi connectivity index (χ0n) is 12.5. The normalized spacial score (nSPS) is 22.9. The zero-order valence-corrected chi connectivity index (χ0v) is 13.3. The predicted molar refractivity (Wildman–Crippen MR) is 87.4 cm³/mol. The summed E-state index contributed by atoms with van der Waals surface area (Å²) in [6.45, 7) is 2.20. The first-order chi connectivity index (χ1) is 10.2. The molecule has 2 aliphatic carbocycles. The van der Waals surface area contributed by atoms with Gasteiger partial charge in [0, 0.05) is 17.0 Å². The molecule has 1 fully saturated rings. The minimum absolute atomic E-state index is 0.0156. The van der Waals surface area contributed by atoms with E-state index in [2.05, 4.69) is 35.5 Å². The van der Waals surface area contributed by atoms with Crippen molar-refractivity contribution >= 4 is 22.8 Å². The van der Waals surface area contributed by atoms with E-state index < -0.39 is 0 Å². The zero-order chi connectivity index (χ0) is 14.7. The van der Waals surface area contributed by atoms with E-state index in [4.69, 9.17) is 0 Å². The molecule has 0 aliphatic heterocycles. The molecule has 1 heterocycles. The minimum atomic E-state index is -0.0156. The number of hydrogen-bond donors (Lipinski definition) is 1. The average Bonchev–Trinajstić information content (AvgIpc) is 2.99. The average molecular weight is 302 g/mol. The molecule has 0 bridgehead atoms. The Balaban J connectivity index is 1.64. The van der Waals surface area contributed by atoms with Gasteiger partial charge in [-0.2, -0.15) is 0 Å². The van der Waals surface area contributed by atoms with Gasteiger partial charge in [0.2, 0.25) is 0 Å². The van der Waals surface area contributed by atoms with Gasteiger partial charge in [0.15, 0.2) is 0 Å². The lowest BCUT2D eigenvalue weighted by molar-refractivity contribution is 0.0923. The Hall–Kier alpha value is -1.42. The van der Waals surface area contributed by atoms with E-state index in [-0.39, 0.29) is 5.91 Å². The summed E-state index contributed by atoms with van der Waals surface area (Å²) >= 11 is 1.56. The number of hydrogen-bond acceptors (Lipinski definition) is 3. The maximum absolute atomic E-state index is 12.3. The van der Waals surface area contributed by atoms with Gasteiger partial charge in [-0.3, -0.25) is 4.79 Å². The molecule has 1 N–H and O–H groups in total. The topological polar surface area (TPSA) is 42.0 Å². The van der Waals surface area contributed by atoms with Gasteiger partial charge in [-0.25, -0.2) is 4.98 Å². The van der Waals surface area contributed by atoms with Crippen molar-refractivity contribution in [1.82, 2.24) is 10.3 Å². The van der Waals surface area contributed by atoms with Crippen LogP contribution in [0.25, 0.3) is 5.57 Å². The lowest BCUT2D eigenvalue weighted by Crippen LogP contribution is -2.36. The first kappa shape index (κ1) is 14.5. The van der Waals surface area contributed by atoms with Crippen molar-refractivity contribution in [2.75, 3.05) is 0 Å². The van der Waals surface area contributed by atoms with Gasteiger partial charge in [0.1, 0.15) is 10.7 Å². The number of thiazole rings is 1. The second-order valence-electron chi connectivity index (χ2n) is 6.08. The standard InChI is InChI=1S/C17H22N2OS/c1-12-7-9-13(10-8-12)17-19-15(11-21-17)16(20)18-14-5-3-2-4-6-14/h7,9-12,14H,2-6,8H2,1H3,(H,18,20). The van der Waals surface area contributed by atoms with Crippen LogP contribution in [0, 0.1) is 5.92 Å². The molecule has 1 saturated carbocycles. The third kappa shape index (κ3) is 3.62. The molecule has 21 heavy (non-hydrogen) atoms. The van der Waals surface area contributed by atoms with Gasteiger partial charge in [0.05, 0.1) is 0 Å². The molecule has 112 valence electrons. The van der Waals surface area contributed by atoms with Crippen LogP contribution in [0.1, 0.15) is 60.9 Å². The molecule has 0 radical (unpaired) electrons. The highest BCUT2D eigenvalue weighted by atomic mass is 32.1. The van der Waals surface area contributed by atoms with E-state index in [0.29, 0.717) is 17.7 Å². The second-order valence-corrected chi connectivity index (χ2v) is 6.94. The number of carbonyl (C=O) groups excluding carboxylic acids is 1. The predicted octanol–water partition coefficient (Wildman–Crippen LogP) is 4.19. The highest BCUT2D eigenvalue weighted by molar-refractivity contribution is 7.11. The number of amides is 1. The molecule has 1 aromatic heterocycles. The molecule has 0 aromatic carbocycles. The Labute approximate surface area is 130 Å². The van der Waals surface area contributed by atoms with Gasteiger partial charge in [-0.15, -0.1) is 11.3 Å². The number of aromatic nitrogens is 1. The Kier molecular flexibility index (Phi) is 4.54. The summed E-state index contributed by atoms with van der Waals surface area (Å²) in [5, 5.41) is 5.95. The number of allylic oxidation sites excluding steroid dienone is 4. The maximum Gasteiger partial charge on any atom is 0.270 e. The third-order valence-corrected chi connectivity index (χ3v) is 5.13. The van der Waals surface area contributed by atoms with Gasteiger partial charge in [0.25, 0.3) is 5.91 Å². The van der Waals surface area contributed by atoms with Crippen LogP contribution in [0.3, 0.4) is 0 Å². The number of rotatable bonds is 3. The van der Waals surface area contributed by atoms with Crippen molar-refractivity contribution in [1.29, 1.82) is 0 Å². The molecule has 0 saturated heterocycles. The van der Waals surface area contributed by atoms with Crippen LogP contribution in [0.15, 0.2) is 23.6 Å². The molecule has 3 rings (SSSR count). The summed E-state index contributed by atoms with van der Waals surface area (Å²) in [6, 6.07) is 0.339. The van der Waals surface area contributed by atoms with E-state index in [1.54, 1.807) is 11.3 Å². The summed E-state index contributed by atoms with van der Waals surface area (Å²) in [4.78, 5) is 16.8. The van der Waals surface area contributed by atoms with E-state index in [1.807, 2.05) is 5.38 Å². The molecule has 1 unspecified atom stereocenters. The van der Waals surface area contributed by atoms with Crippen molar-refractivity contribution in [3.05, 3.63) is 34.3 Å². The SMILES string of the molecule is CC1C=CC(c2nc(C(=O)NC3CCCCC3)cs2)=CC1. The fraction of sp³-hybridized carbons (Fsp3) is 0.529. The Bertz CT molecular complexity index is 567.